The third-order valence-corrected chi connectivity index (χ3v) is 12.7. The number of pyridine rings is 1. The van der Waals surface area contributed by atoms with Crippen molar-refractivity contribution < 1.29 is 46.7 Å². The van der Waals surface area contributed by atoms with Crippen LogP contribution in [0.2, 0.25) is 5.02 Å². The lowest BCUT2D eigenvalue weighted by atomic mass is 9.90. The summed E-state index contributed by atoms with van der Waals surface area (Å²) in [5.74, 6) is -1.59. The Morgan fingerprint density at radius 3 is 2.29 bits per heavy atom. The van der Waals surface area contributed by atoms with E-state index in [-0.39, 0.29) is 63.5 Å². The summed E-state index contributed by atoms with van der Waals surface area (Å²) in [5.41, 5.74) is -0.237. The molecule has 0 atom stereocenters. The molecule has 21 heteroatoms. The molecule has 0 unspecified atom stereocenters. The van der Waals surface area contributed by atoms with Gasteiger partial charge in [-0.2, -0.15) is 18.3 Å². The number of carboxylic acids is 1. The quantitative estimate of drug-likeness (QED) is 0.189. The van der Waals surface area contributed by atoms with Crippen molar-refractivity contribution in [2.24, 2.45) is 18.9 Å². The molecule has 4 fully saturated rings. The van der Waals surface area contributed by atoms with Crippen molar-refractivity contribution in [3.63, 3.8) is 0 Å². The number of piperidine rings is 1. The lowest BCUT2D eigenvalue weighted by Gasteiger charge is -2.46. The van der Waals surface area contributed by atoms with Crippen LogP contribution in [0.25, 0.3) is 17.1 Å². The minimum atomic E-state index is -4.83. The molecule has 330 valence electrons. The molecule has 4 aliphatic rings. The number of carbonyl (C=O) groups is 4. The number of anilines is 2. The molecule has 3 amide bonds. The number of aromatic nitrogens is 5. The predicted octanol–water partition coefficient (Wildman–Crippen LogP) is 3.24. The van der Waals surface area contributed by atoms with Crippen LogP contribution in [-0.4, -0.2) is 159 Å². The number of piperazine rings is 1. The second-order valence-corrected chi connectivity index (χ2v) is 16.8. The lowest BCUT2D eigenvalue weighted by molar-refractivity contribution is -0.929. The molecule has 0 spiro atoms. The van der Waals surface area contributed by atoms with Gasteiger partial charge < -0.3 is 44.2 Å². The van der Waals surface area contributed by atoms with E-state index in [1.165, 1.54) is 42.2 Å². The Kier molecular flexibility index (Phi) is 12.3. The summed E-state index contributed by atoms with van der Waals surface area (Å²) in [6, 6.07) is 7.73. The smallest absolute Gasteiger partial charge is 0.435 e. The average molecular weight is 883 g/mol. The number of alkyl halides is 3. The number of hydrogen-bond donors (Lipinski definition) is 3. The van der Waals surface area contributed by atoms with Crippen molar-refractivity contribution in [1.29, 1.82) is 0 Å². The minimum absolute atomic E-state index is 0.00707. The highest BCUT2D eigenvalue weighted by Gasteiger charge is 2.43. The van der Waals surface area contributed by atoms with E-state index in [4.69, 9.17) is 16.3 Å². The number of ether oxygens (including phenoxy) is 1. The zero-order valence-corrected chi connectivity index (χ0v) is 34.9. The number of amides is 3. The molecule has 17 nitrogen and oxygen atoms in total. The van der Waals surface area contributed by atoms with Crippen LogP contribution in [0.1, 0.15) is 39.5 Å². The second kappa shape index (κ2) is 17.7. The number of morpholine rings is 1. The molecule has 4 saturated heterocycles. The molecular formula is C41H48ClF3N11O6+. The van der Waals surface area contributed by atoms with Gasteiger partial charge in [0.15, 0.2) is 23.9 Å². The van der Waals surface area contributed by atoms with Crippen LogP contribution in [0, 0.1) is 11.8 Å². The molecule has 0 bridgehead atoms. The molecule has 0 saturated carbocycles. The van der Waals surface area contributed by atoms with E-state index >= 15 is 0 Å². The first-order valence-electron chi connectivity index (χ1n) is 20.6. The maximum atomic E-state index is 14.3. The lowest BCUT2D eigenvalue weighted by Crippen LogP contribution is -2.62. The Balaban J connectivity index is 0.875. The van der Waals surface area contributed by atoms with Crippen LogP contribution < -0.4 is 15.5 Å². The van der Waals surface area contributed by atoms with Gasteiger partial charge >= 0.3 is 12.1 Å². The zero-order chi connectivity index (χ0) is 43.8. The van der Waals surface area contributed by atoms with Crippen LogP contribution in [0.4, 0.5) is 24.5 Å². The Hall–Kier alpha value is -5.57. The number of halogens is 4. The molecule has 3 aromatic heterocycles. The van der Waals surface area contributed by atoms with Crippen molar-refractivity contribution in [3.8, 4) is 17.1 Å². The van der Waals surface area contributed by atoms with Gasteiger partial charge in [-0.1, -0.05) is 11.6 Å². The van der Waals surface area contributed by atoms with Crippen molar-refractivity contribution >= 4 is 46.7 Å². The topological polar surface area (TPSA) is 180 Å². The molecule has 62 heavy (non-hydrogen) atoms. The maximum absolute atomic E-state index is 14.3. The van der Waals surface area contributed by atoms with E-state index in [9.17, 15) is 37.5 Å². The van der Waals surface area contributed by atoms with Gasteiger partial charge in [-0.25, -0.2) is 19.4 Å². The fraction of sp³-hybridized carbons (Fsp3) is 0.488. The summed E-state index contributed by atoms with van der Waals surface area (Å²) in [6.45, 7) is 7.73. The third-order valence-electron chi connectivity index (χ3n) is 12.4. The summed E-state index contributed by atoms with van der Waals surface area (Å²) in [7, 11) is 1.42. The number of imidazole rings is 1. The Morgan fingerprint density at radius 2 is 1.68 bits per heavy atom. The van der Waals surface area contributed by atoms with E-state index in [1.807, 2.05) is 0 Å². The molecule has 1 aromatic carbocycles. The van der Waals surface area contributed by atoms with E-state index < -0.39 is 23.7 Å². The van der Waals surface area contributed by atoms with E-state index in [0.29, 0.717) is 88.8 Å². The number of carbonyl (C=O) groups excluding carboxylic acids is 3. The Bertz CT molecular complexity index is 2310. The van der Waals surface area contributed by atoms with Crippen molar-refractivity contribution in [2.75, 3.05) is 102 Å². The summed E-state index contributed by atoms with van der Waals surface area (Å²) in [6.07, 6.45) is 0.359. The summed E-state index contributed by atoms with van der Waals surface area (Å²) in [4.78, 5) is 66.2. The summed E-state index contributed by atoms with van der Waals surface area (Å²) in [5, 5.41) is 19.4. The maximum Gasteiger partial charge on any atom is 0.435 e. The highest BCUT2D eigenvalue weighted by atomic mass is 35.5. The third kappa shape index (κ3) is 9.13. The summed E-state index contributed by atoms with van der Waals surface area (Å²) >= 11 is 6.57. The van der Waals surface area contributed by atoms with E-state index in [1.54, 1.807) is 28.1 Å². The highest BCUT2D eigenvalue weighted by molar-refractivity contribution is 6.34. The van der Waals surface area contributed by atoms with Crippen LogP contribution in [0.5, 0.6) is 0 Å². The Morgan fingerprint density at radius 1 is 0.968 bits per heavy atom. The van der Waals surface area contributed by atoms with Crippen LogP contribution >= 0.6 is 11.6 Å². The van der Waals surface area contributed by atoms with Crippen LogP contribution in [0.15, 0.2) is 48.9 Å². The fourth-order valence-electron chi connectivity index (χ4n) is 8.87. The fourth-order valence-corrected chi connectivity index (χ4v) is 9.13. The molecule has 3 N–H and O–H groups in total. The normalized spacial score (nSPS) is 21.1. The first-order valence-corrected chi connectivity index (χ1v) is 21.0. The van der Waals surface area contributed by atoms with Gasteiger partial charge in [0.05, 0.1) is 72.8 Å². The zero-order valence-electron chi connectivity index (χ0n) is 34.1. The van der Waals surface area contributed by atoms with Crippen LogP contribution in [-0.2, 0) is 27.5 Å². The largest absolute Gasteiger partial charge is 0.477 e. The van der Waals surface area contributed by atoms with E-state index in [0.717, 1.165) is 30.0 Å². The number of carboxylic acid groups (broad SMARTS) is 1. The van der Waals surface area contributed by atoms with Crippen LogP contribution in [0.3, 0.4) is 0 Å². The van der Waals surface area contributed by atoms with Gasteiger partial charge in [0, 0.05) is 96.0 Å². The van der Waals surface area contributed by atoms with Gasteiger partial charge in [-0.15, -0.1) is 0 Å². The van der Waals surface area contributed by atoms with Crippen molar-refractivity contribution in [3.05, 3.63) is 71.0 Å². The average Bonchev–Trinajstić information content (AvgIpc) is 3.87. The molecule has 7 heterocycles. The Labute approximate surface area is 360 Å². The number of aliphatic carboxylic acids is 1. The first kappa shape index (κ1) is 43.1. The van der Waals surface area contributed by atoms with Gasteiger partial charge in [-0.05, 0) is 30.3 Å². The van der Waals surface area contributed by atoms with Crippen molar-refractivity contribution in [1.82, 2.24) is 39.4 Å². The summed E-state index contributed by atoms with van der Waals surface area (Å²) < 4.78 is 51.1. The number of hydrogen-bond acceptors (Lipinski definition) is 10. The number of benzene rings is 1. The predicted molar refractivity (Wildman–Crippen MR) is 220 cm³/mol. The van der Waals surface area contributed by atoms with Crippen molar-refractivity contribution in [2.45, 2.75) is 19.0 Å². The molecule has 4 aromatic rings. The number of quaternary nitrogens is 1. The SMILES string of the molecule is Cn1c(-c2cn(-c3ccc(N4CCOCC4)cn3)nc2C(F)(F)F)cnc1C(=O)Nc1ccc(C(=O)N2CCN(C(=O)C3CC[N+](CC(=O)O)(CC4CNC4)CC3)CC2)c(Cl)c1. The van der Waals surface area contributed by atoms with Gasteiger partial charge in [0.25, 0.3) is 11.8 Å². The minimum Gasteiger partial charge on any atom is -0.477 e. The van der Waals surface area contributed by atoms with Gasteiger partial charge in [0.2, 0.25) is 5.91 Å². The van der Waals surface area contributed by atoms with E-state index in [2.05, 4.69) is 30.6 Å². The second-order valence-electron chi connectivity index (χ2n) is 16.4. The van der Waals surface area contributed by atoms with Gasteiger partial charge in [-0.3, -0.25) is 14.4 Å². The number of nitrogens with one attached hydrogen (secondary N) is 2. The highest BCUT2D eigenvalue weighted by Crippen LogP contribution is 2.37. The number of rotatable bonds is 11. The molecule has 0 aliphatic carbocycles. The molecular weight excluding hydrogens is 835 g/mol. The molecule has 4 aliphatic heterocycles. The number of nitrogens with zero attached hydrogens (tertiary/aromatic N) is 9. The molecule has 8 rings (SSSR count). The first-order chi connectivity index (χ1) is 29.7. The number of likely N-dealkylation sites (tertiary alicyclic amines) is 1. The van der Waals surface area contributed by atoms with Gasteiger partial charge in [0.1, 0.15) is 0 Å². The standard InChI is InChI=1S/C41H47ClF3N11O6/c1-51-33(31-23-55(50-36(31)41(43,44)45)34-5-3-29(21-47-34)52-12-16-62-17-13-52)22-48-37(51)38(59)49-28-2-4-30(32(42)18-28)40(61)54-10-8-53(9-11-54)39(60)27-6-14-56(15-7-27,25-35(57)58)24-26-19-46-20-26/h2-5,18,21-23,26-27,46H,6-17,19-20,24-25H2,1H3,(H-,49,57,58,59,61)/p+1. The monoisotopic (exact) mass is 882 g/mol. The molecule has 0 radical (unpaired) electrons.